The first kappa shape index (κ1) is 24.8. The Morgan fingerprint density at radius 2 is 1.73 bits per heavy atom. The molecule has 192 valence electrons. The Labute approximate surface area is 219 Å². The number of aromatic nitrogens is 2. The Morgan fingerprint density at radius 1 is 1.03 bits per heavy atom. The van der Waals surface area contributed by atoms with Gasteiger partial charge in [-0.3, -0.25) is 9.80 Å². The number of hydrazine groups is 1. The summed E-state index contributed by atoms with van der Waals surface area (Å²) in [6, 6.07) is 15.0. The third-order valence-corrected chi connectivity index (χ3v) is 6.88. The zero-order valence-corrected chi connectivity index (χ0v) is 21.2. The van der Waals surface area contributed by atoms with Crippen LogP contribution in [-0.4, -0.2) is 74.7 Å². The van der Waals surface area contributed by atoms with Gasteiger partial charge in [-0.05, 0) is 36.8 Å². The number of anilines is 1. The lowest BCUT2D eigenvalue weighted by atomic mass is 10.0. The molecule has 0 unspecified atom stereocenters. The molecule has 2 aromatic carbocycles. The lowest BCUT2D eigenvalue weighted by molar-refractivity contribution is -0.137. The number of imidazole rings is 1. The smallest absolute Gasteiger partial charge is 0.338 e. The van der Waals surface area contributed by atoms with Crippen molar-refractivity contribution in [1.82, 2.24) is 29.8 Å². The number of rotatable bonds is 6. The van der Waals surface area contributed by atoms with Crippen molar-refractivity contribution in [2.75, 3.05) is 31.5 Å². The molecule has 2 aliphatic heterocycles. The fourth-order valence-electron chi connectivity index (χ4n) is 4.71. The van der Waals surface area contributed by atoms with Crippen LogP contribution in [0.2, 0.25) is 5.02 Å². The van der Waals surface area contributed by atoms with Gasteiger partial charge in [-0.25, -0.2) is 24.1 Å². The van der Waals surface area contributed by atoms with E-state index in [0.717, 1.165) is 11.3 Å². The van der Waals surface area contributed by atoms with E-state index in [2.05, 4.69) is 15.6 Å². The highest BCUT2D eigenvalue weighted by molar-refractivity contribution is 6.30. The molecule has 2 N–H and O–H groups in total. The largest absolute Gasteiger partial charge is 0.344 e. The van der Waals surface area contributed by atoms with Gasteiger partial charge in [0.2, 0.25) is 5.91 Å². The number of halogens is 1. The second-order valence-corrected chi connectivity index (χ2v) is 9.54. The average molecular weight is 522 g/mol. The minimum atomic E-state index is -0.746. The van der Waals surface area contributed by atoms with Crippen molar-refractivity contribution in [3.63, 3.8) is 0 Å². The number of aryl methyl sites for hydroxylation is 1. The summed E-state index contributed by atoms with van der Waals surface area (Å²) in [5, 5.41) is 9.87. The molecule has 11 heteroatoms. The molecule has 0 bridgehead atoms. The molecule has 0 aliphatic carbocycles. The molecular weight excluding hydrogens is 494 g/mol. The van der Waals surface area contributed by atoms with Crippen molar-refractivity contribution < 1.29 is 14.4 Å². The number of fused-ring (bicyclic) bond motifs is 1. The quantitative estimate of drug-likeness (QED) is 0.519. The molecule has 4 amide bonds. The molecule has 3 heterocycles. The standard InChI is InChI=1S/C26H28ClN7O3/c1-18-28-16-22-17-33(26(37)34(18)22)32-13-11-31(12-14-32)24(35)23(15-19-5-3-2-4-6-19)30-25(36)29-21-9-7-20(27)8-10-21/h2-10,16,23H,11-15,17H2,1H3,(H2,29,30,36)/t23-/m1/s1. The van der Waals surface area contributed by atoms with Crippen LogP contribution in [0.4, 0.5) is 15.3 Å². The second-order valence-electron chi connectivity index (χ2n) is 9.10. The number of nitrogens with zero attached hydrogens (tertiary/aromatic N) is 5. The summed E-state index contributed by atoms with van der Waals surface area (Å²) < 4.78 is 1.62. The minimum Gasteiger partial charge on any atom is -0.338 e. The molecule has 37 heavy (non-hydrogen) atoms. The molecule has 2 aliphatic rings. The lowest BCUT2D eigenvalue weighted by Gasteiger charge is -2.40. The van der Waals surface area contributed by atoms with Crippen molar-refractivity contribution in [3.05, 3.63) is 82.9 Å². The van der Waals surface area contributed by atoms with Crippen LogP contribution >= 0.6 is 11.6 Å². The predicted molar refractivity (Wildman–Crippen MR) is 139 cm³/mol. The van der Waals surface area contributed by atoms with Crippen molar-refractivity contribution in [3.8, 4) is 0 Å². The Morgan fingerprint density at radius 3 is 2.41 bits per heavy atom. The van der Waals surface area contributed by atoms with Gasteiger partial charge in [0.1, 0.15) is 11.9 Å². The Kier molecular flexibility index (Phi) is 7.11. The summed E-state index contributed by atoms with van der Waals surface area (Å²) in [7, 11) is 0. The number of hydrogen-bond acceptors (Lipinski definition) is 5. The van der Waals surface area contributed by atoms with Crippen molar-refractivity contribution in [1.29, 1.82) is 0 Å². The summed E-state index contributed by atoms with van der Waals surface area (Å²) >= 11 is 5.93. The van der Waals surface area contributed by atoms with E-state index in [0.29, 0.717) is 55.7 Å². The summed E-state index contributed by atoms with van der Waals surface area (Å²) in [5.41, 5.74) is 2.38. The van der Waals surface area contributed by atoms with Gasteiger partial charge in [0, 0.05) is 43.3 Å². The number of urea groups is 1. The van der Waals surface area contributed by atoms with Gasteiger partial charge in [0.05, 0.1) is 18.4 Å². The lowest BCUT2D eigenvalue weighted by Crippen LogP contribution is -2.59. The van der Waals surface area contributed by atoms with Crippen LogP contribution in [0.5, 0.6) is 0 Å². The van der Waals surface area contributed by atoms with Crippen molar-refractivity contribution >= 4 is 35.3 Å². The van der Waals surface area contributed by atoms with E-state index in [1.165, 1.54) is 0 Å². The number of hydrogen-bond donors (Lipinski definition) is 2. The van der Waals surface area contributed by atoms with E-state index in [4.69, 9.17) is 11.6 Å². The maximum atomic E-state index is 13.6. The number of carbonyl (C=O) groups is 3. The third kappa shape index (κ3) is 5.45. The van der Waals surface area contributed by atoms with Crippen LogP contribution in [0.15, 0.2) is 60.8 Å². The summed E-state index contributed by atoms with van der Waals surface area (Å²) in [6.45, 7) is 4.20. The highest BCUT2D eigenvalue weighted by Crippen LogP contribution is 2.22. The Balaban J connectivity index is 1.23. The molecule has 1 atom stereocenters. The van der Waals surface area contributed by atoms with Gasteiger partial charge < -0.3 is 15.5 Å². The van der Waals surface area contributed by atoms with Crippen LogP contribution in [0.1, 0.15) is 17.1 Å². The van der Waals surface area contributed by atoms with Crippen LogP contribution in [-0.2, 0) is 17.8 Å². The highest BCUT2D eigenvalue weighted by atomic mass is 35.5. The van der Waals surface area contributed by atoms with Crippen LogP contribution in [0.3, 0.4) is 0 Å². The number of piperazine rings is 1. The zero-order chi connectivity index (χ0) is 25.9. The van der Waals surface area contributed by atoms with E-state index in [9.17, 15) is 14.4 Å². The maximum absolute atomic E-state index is 13.6. The van der Waals surface area contributed by atoms with Gasteiger partial charge in [0.25, 0.3) is 0 Å². The fourth-order valence-corrected chi connectivity index (χ4v) is 4.83. The highest BCUT2D eigenvalue weighted by Gasteiger charge is 2.36. The van der Waals surface area contributed by atoms with E-state index in [-0.39, 0.29) is 11.9 Å². The van der Waals surface area contributed by atoms with E-state index in [1.807, 2.05) is 42.3 Å². The Hall–Kier alpha value is -3.89. The zero-order valence-electron chi connectivity index (χ0n) is 20.4. The first-order valence-electron chi connectivity index (χ1n) is 12.1. The summed E-state index contributed by atoms with van der Waals surface area (Å²) in [5.74, 6) is 0.511. The maximum Gasteiger partial charge on any atom is 0.344 e. The van der Waals surface area contributed by atoms with Crippen LogP contribution < -0.4 is 10.6 Å². The molecule has 0 radical (unpaired) electrons. The van der Waals surface area contributed by atoms with Gasteiger partial charge in [-0.1, -0.05) is 41.9 Å². The normalized spacial score (nSPS) is 16.4. The molecule has 1 fully saturated rings. The van der Waals surface area contributed by atoms with Gasteiger partial charge in [-0.2, -0.15) is 0 Å². The summed E-state index contributed by atoms with van der Waals surface area (Å²) in [4.78, 5) is 45.2. The topological polar surface area (TPSA) is 103 Å². The minimum absolute atomic E-state index is 0.118. The first-order chi connectivity index (χ1) is 17.9. The number of nitrogens with one attached hydrogen (secondary N) is 2. The van der Waals surface area contributed by atoms with Crippen LogP contribution in [0, 0.1) is 6.92 Å². The molecule has 5 rings (SSSR count). The first-order valence-corrected chi connectivity index (χ1v) is 12.5. The number of amides is 4. The molecule has 10 nitrogen and oxygen atoms in total. The Bertz CT molecular complexity index is 1290. The monoisotopic (exact) mass is 521 g/mol. The van der Waals surface area contributed by atoms with Gasteiger partial charge >= 0.3 is 12.1 Å². The molecule has 1 aromatic heterocycles. The molecule has 0 saturated carbocycles. The van der Waals surface area contributed by atoms with Crippen molar-refractivity contribution in [2.24, 2.45) is 0 Å². The number of carbonyl (C=O) groups excluding carboxylic acids is 3. The molecule has 3 aromatic rings. The average Bonchev–Trinajstić information content (AvgIpc) is 3.44. The SMILES string of the molecule is Cc1ncc2n1C(=O)N(N1CCN(C(=O)[C@@H](Cc3ccccc3)NC(=O)Nc3ccc(Cl)cc3)CC1)C2. The predicted octanol–water partition coefficient (Wildman–Crippen LogP) is 3.12. The van der Waals surface area contributed by atoms with Gasteiger partial charge in [0.15, 0.2) is 0 Å². The van der Waals surface area contributed by atoms with Gasteiger partial charge in [-0.15, -0.1) is 0 Å². The second kappa shape index (κ2) is 10.6. The third-order valence-electron chi connectivity index (χ3n) is 6.63. The van der Waals surface area contributed by atoms with Crippen LogP contribution in [0.25, 0.3) is 0 Å². The van der Waals surface area contributed by atoms with E-state index < -0.39 is 12.1 Å². The molecular formula is C26H28ClN7O3. The van der Waals surface area contributed by atoms with Crippen molar-refractivity contribution in [2.45, 2.75) is 25.9 Å². The van der Waals surface area contributed by atoms with E-state index in [1.54, 1.807) is 44.9 Å². The number of benzene rings is 2. The summed E-state index contributed by atoms with van der Waals surface area (Å²) in [6.07, 6.45) is 2.09. The fraction of sp³-hybridized carbons (Fsp3) is 0.308. The molecule has 0 spiro atoms. The molecule has 1 saturated heterocycles. The van der Waals surface area contributed by atoms with E-state index >= 15 is 0 Å².